The van der Waals surface area contributed by atoms with Crippen molar-refractivity contribution in [1.29, 1.82) is 0 Å². The van der Waals surface area contributed by atoms with Crippen LogP contribution in [0.5, 0.6) is 23.0 Å². The van der Waals surface area contributed by atoms with Gasteiger partial charge < -0.3 is 30.6 Å². The van der Waals surface area contributed by atoms with Gasteiger partial charge in [0.05, 0.1) is 28.8 Å². The summed E-state index contributed by atoms with van der Waals surface area (Å²) in [5, 5.41) is 16.9. The normalized spacial score (nSPS) is 14.3. The average molecular weight is 711 g/mol. The summed E-state index contributed by atoms with van der Waals surface area (Å²) in [5.74, 6) is -1.38. The number of halogens is 3. The van der Waals surface area contributed by atoms with Crippen LogP contribution in [0.2, 0.25) is 0 Å². The molecular weight excluding hydrogens is 681 g/mol. The van der Waals surface area contributed by atoms with Gasteiger partial charge in [0, 0.05) is 17.3 Å². The lowest BCUT2D eigenvalue weighted by atomic mass is 10.1. The number of carbonyl (C=O) groups excluding carboxylic acids is 3. The molecule has 0 saturated carbocycles. The van der Waals surface area contributed by atoms with E-state index in [1.54, 1.807) is 49.4 Å². The maximum atomic E-state index is 14.1. The molecule has 12 nitrogen and oxygen atoms in total. The number of phenolic OH excluding ortho intramolecular Hbond substituents is 1. The Labute approximate surface area is 293 Å². The van der Waals surface area contributed by atoms with Crippen LogP contribution in [0.15, 0.2) is 91.1 Å². The van der Waals surface area contributed by atoms with E-state index in [0.717, 1.165) is 4.90 Å². The number of benzene rings is 4. The molecule has 7 rings (SSSR count). The number of hydrogen-bond acceptors (Lipinski definition) is 8. The van der Waals surface area contributed by atoms with Crippen molar-refractivity contribution in [1.82, 2.24) is 20.1 Å². The number of para-hydroxylation sites is 1. The zero-order valence-corrected chi connectivity index (χ0v) is 27.3. The van der Waals surface area contributed by atoms with Gasteiger partial charge in [-0.15, -0.1) is 0 Å². The van der Waals surface area contributed by atoms with Gasteiger partial charge in [-0.05, 0) is 78.7 Å². The average Bonchev–Trinajstić information content (AvgIpc) is 3.79. The van der Waals surface area contributed by atoms with Crippen molar-refractivity contribution in [2.24, 2.45) is 0 Å². The Bertz CT molecular complexity index is 2360. The Morgan fingerprint density at radius 1 is 1.00 bits per heavy atom. The quantitative estimate of drug-likeness (QED) is 0.0884. The lowest BCUT2D eigenvalue weighted by molar-refractivity contribution is -0.118. The van der Waals surface area contributed by atoms with Gasteiger partial charge in [-0.2, -0.15) is 5.10 Å². The maximum Gasteiger partial charge on any atom is 0.329 e. The van der Waals surface area contributed by atoms with Crippen LogP contribution >= 0.6 is 0 Å². The summed E-state index contributed by atoms with van der Waals surface area (Å²) >= 11 is 0. The molecule has 2 aromatic heterocycles. The van der Waals surface area contributed by atoms with Crippen molar-refractivity contribution in [3.63, 3.8) is 0 Å². The highest BCUT2D eigenvalue weighted by atomic mass is 19.3. The third-order valence-electron chi connectivity index (χ3n) is 8.46. The van der Waals surface area contributed by atoms with Crippen molar-refractivity contribution in [2.45, 2.75) is 25.8 Å². The number of ether oxygens (including phenoxy) is 2. The monoisotopic (exact) mass is 710 g/mol. The number of anilines is 2. The molecule has 0 radical (unpaired) electrons. The van der Waals surface area contributed by atoms with Gasteiger partial charge in [-0.1, -0.05) is 24.3 Å². The lowest BCUT2D eigenvalue weighted by Crippen LogP contribution is -2.32. The minimum Gasteiger partial charge on any atom is -0.508 e. The number of urea groups is 1. The molecule has 0 aliphatic carbocycles. The highest BCUT2D eigenvalue weighted by molar-refractivity contribution is 6.23. The molecule has 5 N–H and O–H groups in total. The molecular formula is C37H29F3N6O6. The Kier molecular flexibility index (Phi) is 8.76. The van der Waals surface area contributed by atoms with Gasteiger partial charge in [0.2, 0.25) is 5.78 Å². The molecule has 1 aliphatic heterocycles. The van der Waals surface area contributed by atoms with Crippen LogP contribution in [0.4, 0.5) is 29.5 Å². The molecule has 4 aromatic carbocycles. The minimum atomic E-state index is -2.85. The van der Waals surface area contributed by atoms with E-state index in [2.05, 4.69) is 15.4 Å². The van der Waals surface area contributed by atoms with Crippen molar-refractivity contribution >= 4 is 40.1 Å². The number of amides is 3. The number of phenols is 1. The summed E-state index contributed by atoms with van der Waals surface area (Å²) in [6.45, 7) is 0.761. The van der Waals surface area contributed by atoms with Crippen LogP contribution in [0.1, 0.15) is 27.2 Å². The fourth-order valence-electron chi connectivity index (χ4n) is 5.93. The van der Waals surface area contributed by atoms with Crippen LogP contribution in [0.25, 0.3) is 16.6 Å². The third kappa shape index (κ3) is 6.46. The number of aromatic nitrogens is 3. The summed E-state index contributed by atoms with van der Waals surface area (Å²) in [5.41, 5.74) is 8.61. The Morgan fingerprint density at radius 3 is 2.50 bits per heavy atom. The lowest BCUT2D eigenvalue weighted by Gasteiger charge is -2.18. The fraction of sp³-hybridized carbons (Fsp3) is 0.135. The molecule has 52 heavy (non-hydrogen) atoms. The molecule has 0 spiro atoms. The van der Waals surface area contributed by atoms with Crippen molar-refractivity contribution in [3.05, 3.63) is 119 Å². The number of alkyl halides is 2. The molecule has 0 unspecified atom stereocenters. The molecule has 1 aliphatic rings. The molecule has 1 saturated heterocycles. The van der Waals surface area contributed by atoms with Gasteiger partial charge in [-0.3, -0.25) is 9.59 Å². The molecule has 3 heterocycles. The standard InChI is InChI=1S/C37H29F3N6O6/c1-19-12-23(52-31-5-3-2-4-25(31)38)10-11-29(19)46-35(41)24(17-42-46)34(48)27-14-21-15-32(51-18-33(39)40)30(16-26(21)43-27)45-36(49)28(44-37(45)50)13-20-6-8-22(47)9-7-20/h2-12,14-17,28,33,43,47H,13,18,41H2,1H3,(H,44,50)/t28-/m1/s1. The number of carbonyl (C=O) groups is 3. The number of nitrogens with zero attached hydrogens (tertiary/aromatic N) is 3. The zero-order chi connectivity index (χ0) is 36.7. The number of nitrogens with two attached hydrogens (primary N) is 1. The van der Waals surface area contributed by atoms with E-state index in [0.29, 0.717) is 33.5 Å². The topological polar surface area (TPSA) is 165 Å². The number of ketones is 1. The number of aryl methyl sites for hydroxylation is 1. The summed E-state index contributed by atoms with van der Waals surface area (Å²) in [7, 11) is 0. The van der Waals surface area contributed by atoms with Crippen LogP contribution in [0, 0.1) is 12.7 Å². The second kappa shape index (κ2) is 13.5. The first kappa shape index (κ1) is 33.7. The number of aromatic amines is 1. The Balaban J connectivity index is 1.17. The van der Waals surface area contributed by atoms with Crippen LogP contribution < -0.4 is 25.4 Å². The molecule has 1 fully saturated rings. The molecule has 3 amide bonds. The number of aromatic hydroxyl groups is 1. The SMILES string of the molecule is Cc1cc(Oc2ccccc2F)ccc1-n1ncc(C(=O)c2cc3cc(OCC(F)F)c(N4C(=O)N[C@H](Cc5ccc(O)cc5)C4=O)cc3[nH]2)c1N. The van der Waals surface area contributed by atoms with Gasteiger partial charge in [-0.25, -0.2) is 27.5 Å². The largest absolute Gasteiger partial charge is 0.508 e. The number of rotatable bonds is 11. The van der Waals surface area contributed by atoms with Gasteiger partial charge in [0.15, 0.2) is 11.6 Å². The summed E-state index contributed by atoms with van der Waals surface area (Å²) in [4.78, 5) is 44.1. The predicted molar refractivity (Wildman–Crippen MR) is 184 cm³/mol. The van der Waals surface area contributed by atoms with Gasteiger partial charge in [0.1, 0.15) is 35.7 Å². The van der Waals surface area contributed by atoms with Crippen LogP contribution in [-0.2, 0) is 11.2 Å². The number of H-pyrrole nitrogens is 1. The highest BCUT2D eigenvalue weighted by Gasteiger charge is 2.40. The van der Waals surface area contributed by atoms with Gasteiger partial charge in [0.25, 0.3) is 12.3 Å². The van der Waals surface area contributed by atoms with Crippen molar-refractivity contribution in [2.75, 3.05) is 17.2 Å². The molecule has 6 aromatic rings. The van der Waals surface area contributed by atoms with E-state index in [9.17, 15) is 32.7 Å². The molecule has 264 valence electrons. The van der Waals surface area contributed by atoms with E-state index >= 15 is 0 Å². The number of nitrogen functional groups attached to an aromatic ring is 1. The molecule has 1 atom stereocenters. The number of fused-ring (bicyclic) bond motifs is 1. The highest BCUT2D eigenvalue weighted by Crippen LogP contribution is 2.37. The number of hydrogen-bond donors (Lipinski definition) is 4. The molecule has 15 heteroatoms. The molecule has 0 bridgehead atoms. The zero-order valence-electron chi connectivity index (χ0n) is 27.3. The summed E-state index contributed by atoms with van der Waals surface area (Å²) in [6.07, 6.45) is -1.44. The third-order valence-corrected chi connectivity index (χ3v) is 8.46. The predicted octanol–water partition coefficient (Wildman–Crippen LogP) is 6.42. The number of imide groups is 1. The smallest absolute Gasteiger partial charge is 0.329 e. The van der Waals surface area contributed by atoms with Crippen LogP contribution in [-0.4, -0.2) is 56.7 Å². The summed E-state index contributed by atoms with van der Waals surface area (Å²) < 4.78 is 53.0. The van der Waals surface area contributed by atoms with Crippen molar-refractivity contribution in [3.8, 4) is 28.7 Å². The first-order valence-electron chi connectivity index (χ1n) is 15.9. The first-order valence-corrected chi connectivity index (χ1v) is 15.9. The van der Waals surface area contributed by atoms with Crippen molar-refractivity contribution < 1.29 is 42.1 Å². The van der Waals surface area contributed by atoms with E-state index in [1.165, 1.54) is 53.3 Å². The maximum absolute atomic E-state index is 14.1. The minimum absolute atomic E-state index is 0.0233. The number of nitrogens with one attached hydrogen (secondary N) is 2. The second-order valence-electron chi connectivity index (χ2n) is 12.0. The Hall–Kier alpha value is -6.77. The Morgan fingerprint density at radius 2 is 1.77 bits per heavy atom. The second-order valence-corrected chi connectivity index (χ2v) is 12.0. The van der Waals surface area contributed by atoms with Gasteiger partial charge >= 0.3 is 6.03 Å². The first-order chi connectivity index (χ1) is 25.0. The fourth-order valence-corrected chi connectivity index (χ4v) is 5.93. The van der Waals surface area contributed by atoms with E-state index < -0.39 is 42.6 Å². The summed E-state index contributed by atoms with van der Waals surface area (Å²) in [6, 6.07) is 19.5. The van der Waals surface area contributed by atoms with E-state index in [4.69, 9.17) is 15.2 Å². The van der Waals surface area contributed by atoms with E-state index in [-0.39, 0.29) is 46.4 Å². The van der Waals surface area contributed by atoms with Crippen LogP contribution in [0.3, 0.4) is 0 Å². The van der Waals surface area contributed by atoms with E-state index in [1.807, 2.05) is 0 Å².